The molecule has 2 nitrogen and oxygen atoms in total. The van der Waals surface area contributed by atoms with Crippen molar-refractivity contribution in [3.05, 3.63) is 27.9 Å². The van der Waals surface area contributed by atoms with Gasteiger partial charge in [0.1, 0.15) is 0 Å². The Morgan fingerprint density at radius 1 is 1.38 bits per heavy atom. The molecule has 3 rings (SSSR count). The Kier molecular flexibility index (Phi) is 1.50. The van der Waals surface area contributed by atoms with Gasteiger partial charge in [-0.25, -0.2) is 0 Å². The molecule has 1 aliphatic carbocycles. The van der Waals surface area contributed by atoms with Crippen LogP contribution < -0.4 is 0 Å². The molecule has 0 radical (unpaired) electrons. The highest BCUT2D eigenvalue weighted by molar-refractivity contribution is 9.10. The van der Waals surface area contributed by atoms with E-state index in [1.807, 2.05) is 6.20 Å². The van der Waals surface area contributed by atoms with Crippen LogP contribution in [0.2, 0.25) is 0 Å². The van der Waals surface area contributed by atoms with Crippen LogP contribution in [-0.4, -0.2) is 10.2 Å². The summed E-state index contributed by atoms with van der Waals surface area (Å²) in [6.45, 7) is 0. The van der Waals surface area contributed by atoms with Crippen LogP contribution in [0.4, 0.5) is 0 Å². The van der Waals surface area contributed by atoms with Crippen LogP contribution in [0.15, 0.2) is 16.7 Å². The Labute approximate surface area is 84.5 Å². The van der Waals surface area contributed by atoms with Gasteiger partial charge in [0.2, 0.25) is 0 Å². The molecular weight excluding hydrogens is 228 g/mol. The fraction of sp³-hybridized carbons (Fsp3) is 0.300. The van der Waals surface area contributed by atoms with Crippen molar-refractivity contribution in [2.45, 2.75) is 19.3 Å². The first-order valence-corrected chi connectivity index (χ1v) is 5.29. The number of H-pyrrole nitrogens is 1. The van der Waals surface area contributed by atoms with E-state index < -0.39 is 0 Å². The van der Waals surface area contributed by atoms with Gasteiger partial charge >= 0.3 is 0 Å². The molecule has 13 heavy (non-hydrogen) atoms. The summed E-state index contributed by atoms with van der Waals surface area (Å²) in [5.74, 6) is 0. The van der Waals surface area contributed by atoms with Gasteiger partial charge in [-0.3, -0.25) is 5.10 Å². The molecule has 1 aromatic heterocycles. The summed E-state index contributed by atoms with van der Waals surface area (Å²) in [6.07, 6.45) is 5.59. The number of halogens is 1. The molecule has 1 aliphatic rings. The summed E-state index contributed by atoms with van der Waals surface area (Å²) in [4.78, 5) is 0. The number of hydrogen-bond donors (Lipinski definition) is 1. The summed E-state index contributed by atoms with van der Waals surface area (Å²) >= 11 is 3.65. The second kappa shape index (κ2) is 2.58. The van der Waals surface area contributed by atoms with Crippen molar-refractivity contribution in [2.75, 3.05) is 0 Å². The number of hydrogen-bond acceptors (Lipinski definition) is 1. The molecule has 2 aromatic rings. The molecule has 3 heteroatoms. The van der Waals surface area contributed by atoms with E-state index >= 15 is 0 Å². The Bertz CT molecular complexity index is 473. The number of nitrogens with zero attached hydrogens (tertiary/aromatic N) is 1. The topological polar surface area (TPSA) is 28.7 Å². The smallest absolute Gasteiger partial charge is 0.0664 e. The monoisotopic (exact) mass is 236 g/mol. The van der Waals surface area contributed by atoms with Crippen molar-refractivity contribution in [3.63, 3.8) is 0 Å². The zero-order valence-electron chi connectivity index (χ0n) is 7.10. The molecule has 1 heterocycles. The van der Waals surface area contributed by atoms with E-state index in [9.17, 15) is 0 Å². The number of aryl methyl sites for hydroxylation is 1. The molecular formula is C10H9BrN2. The van der Waals surface area contributed by atoms with Crippen molar-refractivity contribution < 1.29 is 0 Å². The minimum Gasteiger partial charge on any atom is -0.278 e. The molecule has 1 aromatic carbocycles. The summed E-state index contributed by atoms with van der Waals surface area (Å²) in [6, 6.07) is 2.23. The maximum absolute atomic E-state index is 4.05. The minimum absolute atomic E-state index is 1.15. The second-order valence-corrected chi connectivity index (χ2v) is 4.31. The van der Waals surface area contributed by atoms with Crippen molar-refractivity contribution >= 4 is 26.8 Å². The zero-order chi connectivity index (χ0) is 8.84. The molecule has 0 atom stereocenters. The van der Waals surface area contributed by atoms with Gasteiger partial charge < -0.3 is 0 Å². The lowest BCUT2D eigenvalue weighted by atomic mass is 10.1. The second-order valence-electron chi connectivity index (χ2n) is 3.51. The highest BCUT2D eigenvalue weighted by Crippen LogP contribution is 2.34. The third-order valence-electron chi connectivity index (χ3n) is 2.75. The molecule has 0 saturated carbocycles. The SMILES string of the molecule is Brc1c2c(cc3[nH]ncc13)CCC2. The molecule has 0 aliphatic heterocycles. The molecule has 0 amide bonds. The standard InChI is InChI=1S/C10H9BrN2/c11-10-7-3-1-2-6(7)4-9-8(10)5-12-13-9/h4-5H,1-3H2,(H,12,13). The summed E-state index contributed by atoms with van der Waals surface area (Å²) in [7, 11) is 0. The van der Waals surface area contributed by atoms with E-state index in [0.29, 0.717) is 0 Å². The molecule has 0 saturated heterocycles. The van der Waals surface area contributed by atoms with Crippen LogP contribution >= 0.6 is 15.9 Å². The molecule has 0 unspecified atom stereocenters. The predicted molar refractivity (Wildman–Crippen MR) is 55.8 cm³/mol. The average molecular weight is 237 g/mol. The lowest BCUT2D eigenvalue weighted by Gasteiger charge is -2.02. The van der Waals surface area contributed by atoms with Gasteiger partial charge in [0.05, 0.1) is 11.7 Å². The van der Waals surface area contributed by atoms with Crippen molar-refractivity contribution in [3.8, 4) is 0 Å². The maximum atomic E-state index is 4.05. The van der Waals surface area contributed by atoms with E-state index in [2.05, 4.69) is 32.2 Å². The molecule has 0 bridgehead atoms. The Hall–Kier alpha value is -0.830. The van der Waals surface area contributed by atoms with E-state index in [1.54, 1.807) is 0 Å². The molecule has 0 spiro atoms. The average Bonchev–Trinajstić information content (AvgIpc) is 2.71. The lowest BCUT2D eigenvalue weighted by Crippen LogP contribution is -1.84. The van der Waals surface area contributed by atoms with E-state index in [4.69, 9.17) is 0 Å². The number of aromatic nitrogens is 2. The number of aromatic amines is 1. The summed E-state index contributed by atoms with van der Waals surface area (Å²) < 4.78 is 1.24. The van der Waals surface area contributed by atoms with Gasteiger partial charge in [0.25, 0.3) is 0 Å². The van der Waals surface area contributed by atoms with Crippen LogP contribution in [0, 0.1) is 0 Å². The van der Waals surface area contributed by atoms with E-state index in [-0.39, 0.29) is 0 Å². The predicted octanol–water partition coefficient (Wildman–Crippen LogP) is 2.81. The number of nitrogens with one attached hydrogen (secondary N) is 1. The molecule has 0 fully saturated rings. The summed E-state index contributed by atoms with van der Waals surface area (Å²) in [5, 5.41) is 8.27. The van der Waals surface area contributed by atoms with Gasteiger partial charge in [-0.15, -0.1) is 0 Å². The molecule has 1 N–H and O–H groups in total. The van der Waals surface area contributed by atoms with E-state index in [1.165, 1.54) is 40.2 Å². The highest BCUT2D eigenvalue weighted by atomic mass is 79.9. The summed E-state index contributed by atoms with van der Waals surface area (Å²) in [5.41, 5.74) is 4.10. The van der Waals surface area contributed by atoms with Gasteiger partial charge in [-0.2, -0.15) is 5.10 Å². The number of benzene rings is 1. The van der Waals surface area contributed by atoms with Crippen LogP contribution in [0.3, 0.4) is 0 Å². The van der Waals surface area contributed by atoms with Gasteiger partial charge in [-0.05, 0) is 52.4 Å². The largest absolute Gasteiger partial charge is 0.278 e. The quantitative estimate of drug-likeness (QED) is 0.749. The lowest BCUT2D eigenvalue weighted by molar-refractivity contribution is 0.910. The van der Waals surface area contributed by atoms with E-state index in [0.717, 1.165) is 5.52 Å². The highest BCUT2D eigenvalue weighted by Gasteiger charge is 2.16. The van der Waals surface area contributed by atoms with Crippen LogP contribution in [-0.2, 0) is 12.8 Å². The van der Waals surface area contributed by atoms with Crippen molar-refractivity contribution in [2.24, 2.45) is 0 Å². The van der Waals surface area contributed by atoms with Gasteiger partial charge in [-0.1, -0.05) is 0 Å². The Balaban J connectivity index is 2.45. The third kappa shape index (κ3) is 0.967. The maximum Gasteiger partial charge on any atom is 0.0664 e. The third-order valence-corrected chi connectivity index (χ3v) is 3.66. The van der Waals surface area contributed by atoms with Crippen molar-refractivity contribution in [1.82, 2.24) is 10.2 Å². The first-order chi connectivity index (χ1) is 6.36. The first-order valence-electron chi connectivity index (χ1n) is 4.49. The normalized spacial score (nSPS) is 15.2. The fourth-order valence-corrected chi connectivity index (χ4v) is 2.86. The Morgan fingerprint density at radius 2 is 2.31 bits per heavy atom. The van der Waals surface area contributed by atoms with Crippen LogP contribution in [0.25, 0.3) is 10.9 Å². The Morgan fingerprint density at radius 3 is 3.23 bits per heavy atom. The number of rotatable bonds is 0. The minimum atomic E-state index is 1.15. The number of fused-ring (bicyclic) bond motifs is 2. The first kappa shape index (κ1) is 7.56. The van der Waals surface area contributed by atoms with Gasteiger partial charge in [0, 0.05) is 9.86 Å². The van der Waals surface area contributed by atoms with Crippen LogP contribution in [0.1, 0.15) is 17.5 Å². The van der Waals surface area contributed by atoms with Gasteiger partial charge in [0.15, 0.2) is 0 Å². The fourth-order valence-electron chi connectivity index (χ4n) is 2.09. The zero-order valence-corrected chi connectivity index (χ0v) is 8.69. The molecule has 66 valence electrons. The van der Waals surface area contributed by atoms with Crippen LogP contribution in [0.5, 0.6) is 0 Å². The van der Waals surface area contributed by atoms with Crippen molar-refractivity contribution in [1.29, 1.82) is 0 Å².